The fourth-order valence-electron chi connectivity index (χ4n) is 4.83. The molecule has 156 valence electrons. The highest BCUT2D eigenvalue weighted by Gasteiger charge is 2.53. The van der Waals surface area contributed by atoms with E-state index in [1.165, 1.54) is 0 Å². The molecule has 0 radical (unpaired) electrons. The van der Waals surface area contributed by atoms with Gasteiger partial charge >= 0.3 is 11.9 Å². The van der Waals surface area contributed by atoms with Crippen molar-refractivity contribution in [2.45, 2.75) is 18.3 Å². The third-order valence-electron chi connectivity index (χ3n) is 6.28. The van der Waals surface area contributed by atoms with Crippen molar-refractivity contribution in [1.82, 2.24) is 0 Å². The van der Waals surface area contributed by atoms with E-state index in [0.717, 1.165) is 22.3 Å². The first-order valence-corrected chi connectivity index (χ1v) is 10.3. The molecular formula is C27H24O4. The zero-order valence-electron chi connectivity index (χ0n) is 17.0. The molecule has 0 spiro atoms. The third kappa shape index (κ3) is 3.89. The molecule has 1 aliphatic carbocycles. The quantitative estimate of drug-likeness (QED) is 0.555. The first-order chi connectivity index (χ1) is 15.0. The average Bonchev–Trinajstić information content (AvgIpc) is 3.17. The van der Waals surface area contributed by atoms with Gasteiger partial charge in [0, 0.05) is 5.41 Å². The topological polar surface area (TPSA) is 74.6 Å². The van der Waals surface area contributed by atoms with E-state index in [4.69, 9.17) is 0 Å². The van der Waals surface area contributed by atoms with Crippen molar-refractivity contribution < 1.29 is 19.8 Å². The van der Waals surface area contributed by atoms with Crippen molar-refractivity contribution in [1.29, 1.82) is 0 Å². The first kappa shape index (κ1) is 20.6. The second kappa shape index (κ2) is 8.60. The van der Waals surface area contributed by atoms with Gasteiger partial charge in [0.1, 0.15) is 0 Å². The van der Waals surface area contributed by atoms with Gasteiger partial charge in [0.15, 0.2) is 0 Å². The fourth-order valence-corrected chi connectivity index (χ4v) is 4.83. The highest BCUT2D eigenvalue weighted by atomic mass is 16.4. The van der Waals surface area contributed by atoms with Gasteiger partial charge in [-0.2, -0.15) is 0 Å². The molecular weight excluding hydrogens is 388 g/mol. The number of benzene rings is 3. The summed E-state index contributed by atoms with van der Waals surface area (Å²) in [5, 5.41) is 20.7. The van der Waals surface area contributed by atoms with Crippen molar-refractivity contribution in [2.24, 2.45) is 11.8 Å². The van der Waals surface area contributed by atoms with Gasteiger partial charge in [0.25, 0.3) is 0 Å². The summed E-state index contributed by atoms with van der Waals surface area (Å²) in [5.74, 6) is -3.85. The maximum Gasteiger partial charge on any atom is 0.308 e. The number of carbonyl (C=O) groups is 2. The van der Waals surface area contributed by atoms with Crippen molar-refractivity contribution in [2.75, 3.05) is 0 Å². The van der Waals surface area contributed by atoms with Crippen LogP contribution in [0.2, 0.25) is 0 Å². The normalized spacial score (nSPS) is 18.8. The van der Waals surface area contributed by atoms with Crippen LogP contribution in [0.1, 0.15) is 22.3 Å². The number of carboxylic acid groups (broad SMARTS) is 2. The Balaban J connectivity index is 1.88. The molecule has 3 aromatic rings. The van der Waals surface area contributed by atoms with E-state index in [9.17, 15) is 19.8 Å². The van der Waals surface area contributed by atoms with E-state index < -0.39 is 29.2 Å². The molecule has 0 bridgehead atoms. The molecule has 1 aliphatic rings. The largest absolute Gasteiger partial charge is 0.481 e. The SMILES string of the molecule is O=C(O)C(Cc1ccccc1)C1(C(Cc2ccccc2)C(=O)O)C=Cc2ccccc21. The minimum Gasteiger partial charge on any atom is -0.481 e. The van der Waals surface area contributed by atoms with Gasteiger partial charge in [-0.05, 0) is 35.1 Å². The van der Waals surface area contributed by atoms with E-state index in [0.29, 0.717) is 0 Å². The van der Waals surface area contributed by atoms with Crippen LogP contribution in [-0.2, 0) is 27.8 Å². The van der Waals surface area contributed by atoms with Gasteiger partial charge < -0.3 is 10.2 Å². The van der Waals surface area contributed by atoms with Gasteiger partial charge in [0.05, 0.1) is 11.8 Å². The van der Waals surface area contributed by atoms with Crippen molar-refractivity contribution in [3.63, 3.8) is 0 Å². The smallest absolute Gasteiger partial charge is 0.308 e. The van der Waals surface area contributed by atoms with Gasteiger partial charge in [-0.15, -0.1) is 0 Å². The van der Waals surface area contributed by atoms with Crippen LogP contribution in [0.5, 0.6) is 0 Å². The Kier molecular flexibility index (Phi) is 5.72. The molecule has 0 saturated carbocycles. The van der Waals surface area contributed by atoms with Gasteiger partial charge in [-0.25, -0.2) is 0 Å². The Hall–Kier alpha value is -3.66. The molecule has 4 rings (SSSR count). The summed E-state index contributed by atoms with van der Waals surface area (Å²) in [4.78, 5) is 25.3. The van der Waals surface area contributed by atoms with Crippen LogP contribution in [-0.4, -0.2) is 22.2 Å². The monoisotopic (exact) mass is 412 g/mol. The number of carboxylic acids is 2. The Morgan fingerprint density at radius 3 is 1.61 bits per heavy atom. The number of rotatable bonds is 8. The lowest BCUT2D eigenvalue weighted by Gasteiger charge is -2.40. The number of hydrogen-bond donors (Lipinski definition) is 2. The van der Waals surface area contributed by atoms with E-state index in [-0.39, 0.29) is 12.8 Å². The summed E-state index contributed by atoms with van der Waals surface area (Å²) < 4.78 is 0. The van der Waals surface area contributed by atoms with Gasteiger partial charge in [0.2, 0.25) is 0 Å². The third-order valence-corrected chi connectivity index (χ3v) is 6.28. The molecule has 0 heterocycles. The van der Waals surface area contributed by atoms with Crippen LogP contribution in [0.15, 0.2) is 91.0 Å². The number of hydrogen-bond acceptors (Lipinski definition) is 2. The minimum atomic E-state index is -1.17. The predicted molar refractivity (Wildman–Crippen MR) is 120 cm³/mol. The molecule has 0 fully saturated rings. The standard InChI is InChI=1S/C27H24O4/c28-25(29)23(17-19-9-3-1-4-10-19)27(16-15-21-13-7-8-14-22(21)27)24(26(30)31)18-20-11-5-2-6-12-20/h1-16,23-24H,17-18H2,(H,28,29)(H,30,31). The van der Waals surface area contributed by atoms with E-state index >= 15 is 0 Å². The van der Waals surface area contributed by atoms with Crippen molar-refractivity contribution in [3.8, 4) is 0 Å². The molecule has 4 nitrogen and oxygen atoms in total. The molecule has 2 N–H and O–H groups in total. The highest BCUT2D eigenvalue weighted by Crippen LogP contribution is 2.49. The lowest BCUT2D eigenvalue weighted by atomic mass is 9.60. The molecule has 2 unspecified atom stereocenters. The first-order valence-electron chi connectivity index (χ1n) is 10.3. The number of fused-ring (bicyclic) bond motifs is 1. The fraction of sp³-hybridized carbons (Fsp3) is 0.185. The molecule has 2 atom stereocenters. The summed E-state index contributed by atoms with van der Waals surface area (Å²) in [6, 6.07) is 26.3. The van der Waals surface area contributed by atoms with E-state index in [1.54, 1.807) is 0 Å². The number of aliphatic carboxylic acids is 2. The van der Waals surface area contributed by atoms with Crippen LogP contribution in [0, 0.1) is 11.8 Å². The summed E-state index contributed by atoms with van der Waals surface area (Å²) in [6.07, 6.45) is 4.18. The predicted octanol–water partition coefficient (Wildman–Crippen LogP) is 4.84. The molecule has 3 aromatic carbocycles. The van der Waals surface area contributed by atoms with Gasteiger partial charge in [-0.1, -0.05) is 97.1 Å². The minimum absolute atomic E-state index is 0.243. The Morgan fingerprint density at radius 2 is 1.13 bits per heavy atom. The summed E-state index contributed by atoms with van der Waals surface area (Å²) in [7, 11) is 0. The van der Waals surface area contributed by atoms with Crippen molar-refractivity contribution in [3.05, 3.63) is 113 Å². The van der Waals surface area contributed by atoms with Crippen LogP contribution in [0.3, 0.4) is 0 Å². The zero-order valence-corrected chi connectivity index (χ0v) is 17.0. The summed E-state index contributed by atoms with van der Waals surface area (Å²) in [6.45, 7) is 0. The molecule has 0 amide bonds. The Labute approximate surface area is 181 Å². The Bertz CT molecular complexity index is 1040. The Morgan fingerprint density at radius 1 is 0.677 bits per heavy atom. The summed E-state index contributed by atoms with van der Waals surface area (Å²) in [5.41, 5.74) is 2.22. The van der Waals surface area contributed by atoms with Crippen LogP contribution >= 0.6 is 0 Å². The molecule has 0 aromatic heterocycles. The van der Waals surface area contributed by atoms with Gasteiger partial charge in [-0.3, -0.25) is 9.59 Å². The molecule has 4 heteroatoms. The van der Waals surface area contributed by atoms with E-state index in [1.807, 2.05) is 97.1 Å². The molecule has 0 aliphatic heterocycles. The second-order valence-corrected chi connectivity index (χ2v) is 8.01. The average molecular weight is 412 g/mol. The summed E-state index contributed by atoms with van der Waals surface area (Å²) >= 11 is 0. The molecule has 31 heavy (non-hydrogen) atoms. The van der Waals surface area contributed by atoms with E-state index in [2.05, 4.69) is 0 Å². The van der Waals surface area contributed by atoms with Crippen LogP contribution in [0.25, 0.3) is 6.08 Å². The molecule has 0 saturated heterocycles. The second-order valence-electron chi connectivity index (χ2n) is 8.01. The van der Waals surface area contributed by atoms with Crippen LogP contribution < -0.4 is 0 Å². The number of allylic oxidation sites excluding steroid dienone is 1. The zero-order chi connectivity index (χ0) is 21.8. The maximum absolute atomic E-state index is 12.7. The lowest BCUT2D eigenvalue weighted by Crippen LogP contribution is -2.48. The van der Waals surface area contributed by atoms with Crippen molar-refractivity contribution >= 4 is 18.0 Å². The maximum atomic E-state index is 12.7. The van der Waals surface area contributed by atoms with Crippen LogP contribution in [0.4, 0.5) is 0 Å². The highest BCUT2D eigenvalue weighted by molar-refractivity contribution is 5.83. The lowest BCUT2D eigenvalue weighted by molar-refractivity contribution is -0.149.